The molecule has 2 fully saturated rings. The molecule has 0 unspecified atom stereocenters. The molecule has 0 radical (unpaired) electrons. The molecule has 4 rings (SSSR count). The molecule has 32 heavy (non-hydrogen) atoms. The maximum atomic E-state index is 13.4. The average Bonchev–Trinajstić information content (AvgIpc) is 2.77. The molecule has 168 valence electrons. The van der Waals surface area contributed by atoms with Gasteiger partial charge in [0.05, 0.1) is 0 Å². The third-order valence-electron chi connectivity index (χ3n) is 5.87. The molecular formula is C23H24ClFN4O3. The van der Waals surface area contributed by atoms with Crippen molar-refractivity contribution < 1.29 is 18.8 Å². The third kappa shape index (κ3) is 5.02. The fourth-order valence-electron chi connectivity index (χ4n) is 4.19. The van der Waals surface area contributed by atoms with E-state index in [0.717, 1.165) is 0 Å². The topological polar surface area (TPSA) is 73.0 Å². The van der Waals surface area contributed by atoms with Gasteiger partial charge in [0.15, 0.2) is 0 Å². The molecule has 0 bridgehead atoms. The summed E-state index contributed by atoms with van der Waals surface area (Å²) in [5.41, 5.74) is 1.28. The molecule has 9 heteroatoms. The maximum Gasteiger partial charge on any atom is 0.321 e. The summed E-state index contributed by atoms with van der Waals surface area (Å²) >= 11 is 5.96. The highest BCUT2D eigenvalue weighted by Gasteiger charge is 2.38. The standard InChI is InChI=1S/C23H24ClFN4O3/c24-17-4-2-6-19(14-17)26-23(32)27-9-7-20(8-10-27)29-12-11-28(21(30)22(29)31)15-16-3-1-5-18(25)13-16/h1-6,13-14,20H,7-12,15H2,(H,26,32). The van der Waals surface area contributed by atoms with Gasteiger partial charge in [0, 0.05) is 49.5 Å². The molecule has 0 saturated carbocycles. The number of piperidine rings is 1. The Balaban J connectivity index is 1.30. The van der Waals surface area contributed by atoms with Gasteiger partial charge in [-0.1, -0.05) is 29.8 Å². The lowest BCUT2D eigenvalue weighted by Gasteiger charge is -2.42. The number of likely N-dealkylation sites (tertiary alicyclic amines) is 1. The van der Waals surface area contributed by atoms with Crippen LogP contribution in [0.5, 0.6) is 0 Å². The van der Waals surface area contributed by atoms with Crippen LogP contribution < -0.4 is 5.32 Å². The van der Waals surface area contributed by atoms with Crippen LogP contribution in [0, 0.1) is 5.82 Å². The van der Waals surface area contributed by atoms with Gasteiger partial charge in [0.25, 0.3) is 0 Å². The first kappa shape index (κ1) is 22.1. The number of halogens is 2. The van der Waals surface area contributed by atoms with Crippen LogP contribution in [0.3, 0.4) is 0 Å². The Morgan fingerprint density at radius 2 is 1.75 bits per heavy atom. The Morgan fingerprint density at radius 3 is 2.47 bits per heavy atom. The lowest BCUT2D eigenvalue weighted by molar-refractivity contribution is -0.158. The van der Waals surface area contributed by atoms with E-state index in [2.05, 4.69) is 5.32 Å². The van der Waals surface area contributed by atoms with Gasteiger partial charge >= 0.3 is 17.8 Å². The number of piperazine rings is 1. The van der Waals surface area contributed by atoms with Gasteiger partial charge < -0.3 is 20.0 Å². The van der Waals surface area contributed by atoms with E-state index < -0.39 is 11.8 Å². The smallest absolute Gasteiger partial charge is 0.321 e. The quantitative estimate of drug-likeness (QED) is 0.714. The minimum Gasteiger partial charge on any atom is -0.330 e. The lowest BCUT2D eigenvalue weighted by Crippen LogP contribution is -2.59. The van der Waals surface area contributed by atoms with E-state index in [-0.39, 0.29) is 24.4 Å². The van der Waals surface area contributed by atoms with Crippen molar-refractivity contribution in [1.82, 2.24) is 14.7 Å². The van der Waals surface area contributed by atoms with E-state index in [4.69, 9.17) is 11.6 Å². The summed E-state index contributed by atoms with van der Waals surface area (Å²) in [6.07, 6.45) is 1.21. The van der Waals surface area contributed by atoms with Crippen molar-refractivity contribution in [2.45, 2.75) is 25.4 Å². The summed E-state index contributed by atoms with van der Waals surface area (Å²) in [5.74, 6) is -1.47. The Morgan fingerprint density at radius 1 is 1.00 bits per heavy atom. The first-order chi connectivity index (χ1) is 15.4. The zero-order valence-electron chi connectivity index (χ0n) is 17.5. The van der Waals surface area contributed by atoms with Crippen molar-refractivity contribution in [3.63, 3.8) is 0 Å². The summed E-state index contributed by atoms with van der Waals surface area (Å²) in [5, 5.41) is 3.37. The number of nitrogens with one attached hydrogen (secondary N) is 1. The SMILES string of the molecule is O=C(Nc1cccc(Cl)c1)N1CCC(N2CCN(Cc3cccc(F)c3)C(=O)C2=O)CC1. The molecule has 2 aromatic rings. The highest BCUT2D eigenvalue weighted by molar-refractivity contribution is 6.35. The minimum absolute atomic E-state index is 0.0852. The molecule has 0 aromatic heterocycles. The number of rotatable bonds is 4. The monoisotopic (exact) mass is 458 g/mol. The summed E-state index contributed by atoms with van der Waals surface area (Å²) in [4.78, 5) is 42.7. The van der Waals surface area contributed by atoms with E-state index in [1.54, 1.807) is 46.2 Å². The van der Waals surface area contributed by atoms with Gasteiger partial charge in [-0.05, 0) is 48.7 Å². The van der Waals surface area contributed by atoms with Crippen molar-refractivity contribution in [3.8, 4) is 0 Å². The van der Waals surface area contributed by atoms with Crippen LogP contribution in [0.15, 0.2) is 48.5 Å². The molecule has 2 saturated heterocycles. The van der Waals surface area contributed by atoms with Crippen molar-refractivity contribution >= 4 is 35.1 Å². The van der Waals surface area contributed by atoms with E-state index in [0.29, 0.717) is 55.3 Å². The van der Waals surface area contributed by atoms with Crippen LogP contribution in [0.2, 0.25) is 5.02 Å². The van der Waals surface area contributed by atoms with Gasteiger partial charge in [-0.3, -0.25) is 9.59 Å². The molecule has 2 heterocycles. The first-order valence-electron chi connectivity index (χ1n) is 10.6. The molecule has 1 N–H and O–H groups in total. The predicted octanol–water partition coefficient (Wildman–Crippen LogP) is 3.35. The Bertz CT molecular complexity index is 1030. The number of hydrogen-bond donors (Lipinski definition) is 1. The summed E-state index contributed by atoms with van der Waals surface area (Å²) < 4.78 is 13.4. The third-order valence-corrected chi connectivity index (χ3v) is 6.11. The number of carbonyl (C=O) groups excluding carboxylic acids is 3. The molecule has 2 aliphatic heterocycles. The summed E-state index contributed by atoms with van der Waals surface area (Å²) in [7, 11) is 0. The summed E-state index contributed by atoms with van der Waals surface area (Å²) in [6, 6.07) is 12.7. The predicted molar refractivity (Wildman–Crippen MR) is 119 cm³/mol. The van der Waals surface area contributed by atoms with Crippen molar-refractivity contribution in [2.75, 3.05) is 31.5 Å². The Kier molecular flexibility index (Phi) is 6.60. The second-order valence-electron chi connectivity index (χ2n) is 8.01. The number of benzene rings is 2. The molecule has 2 aromatic carbocycles. The molecule has 0 spiro atoms. The molecule has 0 aliphatic carbocycles. The van der Waals surface area contributed by atoms with Crippen LogP contribution in [0.1, 0.15) is 18.4 Å². The van der Waals surface area contributed by atoms with Gasteiger partial charge in [-0.2, -0.15) is 0 Å². The number of hydrogen-bond acceptors (Lipinski definition) is 3. The molecule has 4 amide bonds. The number of amides is 4. The van der Waals surface area contributed by atoms with Crippen molar-refractivity contribution in [3.05, 3.63) is 64.9 Å². The highest BCUT2D eigenvalue weighted by Crippen LogP contribution is 2.22. The van der Waals surface area contributed by atoms with Crippen molar-refractivity contribution in [2.24, 2.45) is 0 Å². The second kappa shape index (κ2) is 9.56. The van der Waals surface area contributed by atoms with E-state index in [1.165, 1.54) is 17.0 Å². The first-order valence-corrected chi connectivity index (χ1v) is 10.9. The average molecular weight is 459 g/mol. The van der Waals surface area contributed by atoms with Crippen LogP contribution in [-0.2, 0) is 16.1 Å². The zero-order valence-corrected chi connectivity index (χ0v) is 18.2. The van der Waals surface area contributed by atoms with Crippen molar-refractivity contribution in [1.29, 1.82) is 0 Å². The summed E-state index contributed by atoms with van der Waals surface area (Å²) in [6.45, 7) is 2.01. The van der Waals surface area contributed by atoms with Crippen LogP contribution >= 0.6 is 11.6 Å². The van der Waals surface area contributed by atoms with Gasteiger partial charge in [0.2, 0.25) is 0 Å². The van der Waals surface area contributed by atoms with Gasteiger partial charge in [-0.25, -0.2) is 9.18 Å². The highest BCUT2D eigenvalue weighted by atomic mass is 35.5. The van der Waals surface area contributed by atoms with E-state index in [9.17, 15) is 18.8 Å². The van der Waals surface area contributed by atoms with Gasteiger partial charge in [0.1, 0.15) is 5.82 Å². The van der Waals surface area contributed by atoms with Crippen LogP contribution in [0.4, 0.5) is 14.9 Å². The van der Waals surface area contributed by atoms with E-state index >= 15 is 0 Å². The van der Waals surface area contributed by atoms with Crippen LogP contribution in [-0.4, -0.2) is 64.8 Å². The number of urea groups is 1. The molecule has 2 aliphatic rings. The lowest BCUT2D eigenvalue weighted by atomic mass is 10.0. The fraction of sp³-hybridized carbons (Fsp3) is 0.348. The van der Waals surface area contributed by atoms with Gasteiger partial charge in [-0.15, -0.1) is 0 Å². The second-order valence-corrected chi connectivity index (χ2v) is 8.45. The minimum atomic E-state index is -0.568. The largest absolute Gasteiger partial charge is 0.330 e. The number of carbonyl (C=O) groups is 3. The molecule has 7 nitrogen and oxygen atoms in total. The Labute approximate surface area is 190 Å². The molecular weight excluding hydrogens is 435 g/mol. The zero-order chi connectivity index (χ0) is 22.7. The molecule has 0 atom stereocenters. The number of anilines is 1. The number of nitrogens with zero attached hydrogens (tertiary/aromatic N) is 3. The maximum absolute atomic E-state index is 13.4. The normalized spacial score (nSPS) is 17.6. The Hall–Kier alpha value is -3.13. The van der Waals surface area contributed by atoms with Crippen LogP contribution in [0.25, 0.3) is 0 Å². The van der Waals surface area contributed by atoms with E-state index in [1.807, 2.05) is 0 Å². The fourth-order valence-corrected chi connectivity index (χ4v) is 4.38.